The van der Waals surface area contributed by atoms with Crippen molar-refractivity contribution in [2.75, 3.05) is 24.5 Å². The van der Waals surface area contributed by atoms with Crippen molar-refractivity contribution < 1.29 is 23.4 Å². The summed E-state index contributed by atoms with van der Waals surface area (Å²) in [6.45, 7) is 0.117. The number of nitrogens with one attached hydrogen (secondary N) is 1. The SMILES string of the molecule is CC1(O)CC(c2ccccc2OC(F)F)c2c1nc1ccc(-c3cnc(N4CCNC(=O)C4)nc3)cn21. The van der Waals surface area contributed by atoms with E-state index in [0.29, 0.717) is 35.9 Å². The lowest BCUT2D eigenvalue weighted by Gasteiger charge is -2.26. The number of amides is 1. The fraction of sp³-hybridized carbons (Fsp3) is 0.308. The molecule has 190 valence electrons. The molecule has 0 bridgehead atoms. The maximum Gasteiger partial charge on any atom is 0.387 e. The highest BCUT2D eigenvalue weighted by Crippen LogP contribution is 2.49. The zero-order chi connectivity index (χ0) is 25.7. The van der Waals surface area contributed by atoms with Crippen LogP contribution in [-0.2, 0) is 10.4 Å². The Morgan fingerprint density at radius 3 is 2.70 bits per heavy atom. The van der Waals surface area contributed by atoms with Gasteiger partial charge in [-0.2, -0.15) is 8.78 Å². The predicted octanol–water partition coefficient (Wildman–Crippen LogP) is 3.07. The van der Waals surface area contributed by atoms with Gasteiger partial charge in [-0.1, -0.05) is 18.2 Å². The van der Waals surface area contributed by atoms with Crippen molar-refractivity contribution in [2.24, 2.45) is 0 Å². The fourth-order valence-electron chi connectivity index (χ4n) is 5.23. The van der Waals surface area contributed by atoms with E-state index >= 15 is 0 Å². The second kappa shape index (κ2) is 8.77. The minimum absolute atomic E-state index is 0.0655. The second-order valence-corrected chi connectivity index (χ2v) is 9.48. The number of anilines is 1. The fourth-order valence-corrected chi connectivity index (χ4v) is 5.23. The van der Waals surface area contributed by atoms with Gasteiger partial charge in [0.15, 0.2) is 0 Å². The predicted molar refractivity (Wildman–Crippen MR) is 131 cm³/mol. The molecule has 2 aliphatic rings. The molecule has 4 heterocycles. The van der Waals surface area contributed by atoms with Crippen LogP contribution in [0.5, 0.6) is 5.75 Å². The molecule has 11 heteroatoms. The molecule has 6 rings (SSSR count). The van der Waals surface area contributed by atoms with E-state index in [1.54, 1.807) is 37.5 Å². The normalized spacial score (nSPS) is 21.4. The highest BCUT2D eigenvalue weighted by atomic mass is 19.3. The quantitative estimate of drug-likeness (QED) is 0.429. The van der Waals surface area contributed by atoms with Crippen LogP contribution in [0.4, 0.5) is 14.7 Å². The van der Waals surface area contributed by atoms with Gasteiger partial charge in [0.1, 0.15) is 17.0 Å². The number of fused-ring (bicyclic) bond motifs is 3. The zero-order valence-electron chi connectivity index (χ0n) is 19.9. The van der Waals surface area contributed by atoms with Crippen LogP contribution in [0, 0.1) is 0 Å². The Bertz CT molecular complexity index is 1490. The van der Waals surface area contributed by atoms with Gasteiger partial charge in [0.05, 0.1) is 17.9 Å². The number of alkyl halides is 2. The first-order chi connectivity index (χ1) is 17.8. The zero-order valence-corrected chi connectivity index (χ0v) is 19.9. The molecule has 1 saturated heterocycles. The molecule has 3 aromatic heterocycles. The lowest BCUT2D eigenvalue weighted by molar-refractivity contribution is -0.120. The summed E-state index contributed by atoms with van der Waals surface area (Å²) < 4.78 is 32.9. The van der Waals surface area contributed by atoms with Crippen LogP contribution in [0.25, 0.3) is 16.8 Å². The van der Waals surface area contributed by atoms with Gasteiger partial charge in [0, 0.05) is 54.3 Å². The summed E-state index contributed by atoms with van der Waals surface area (Å²) in [5, 5.41) is 14.0. The molecule has 1 aliphatic carbocycles. The summed E-state index contributed by atoms with van der Waals surface area (Å²) in [7, 11) is 0. The number of pyridine rings is 1. The Balaban J connectivity index is 1.40. The molecule has 2 N–H and O–H groups in total. The standard InChI is InChI=1S/C26H24F2N6O3/c1-26(36)10-18(17-4-2-3-5-19(17)37-24(27)28)22-23(26)32-20-7-6-15(13-34(20)22)16-11-30-25(31-12-16)33-9-8-29-21(35)14-33/h2-7,11-13,18,24,36H,8-10,14H2,1H3,(H,29,35). The molecule has 0 radical (unpaired) electrons. The number of halogens is 2. The van der Waals surface area contributed by atoms with Gasteiger partial charge in [0.25, 0.3) is 0 Å². The van der Waals surface area contributed by atoms with Gasteiger partial charge >= 0.3 is 6.61 Å². The van der Waals surface area contributed by atoms with Crippen LogP contribution < -0.4 is 15.0 Å². The molecule has 0 spiro atoms. The molecule has 1 aliphatic heterocycles. The van der Waals surface area contributed by atoms with Crippen molar-refractivity contribution in [1.82, 2.24) is 24.7 Å². The number of imidazole rings is 1. The van der Waals surface area contributed by atoms with Crippen molar-refractivity contribution in [3.63, 3.8) is 0 Å². The number of carbonyl (C=O) groups excluding carboxylic acids is 1. The second-order valence-electron chi connectivity index (χ2n) is 9.48. The first-order valence-electron chi connectivity index (χ1n) is 11.9. The summed E-state index contributed by atoms with van der Waals surface area (Å²) in [4.78, 5) is 27.1. The Morgan fingerprint density at radius 2 is 1.95 bits per heavy atom. The number of hydrogen-bond donors (Lipinski definition) is 2. The number of nitrogens with zero attached hydrogens (tertiary/aromatic N) is 5. The van der Waals surface area contributed by atoms with Gasteiger partial charge in [-0.25, -0.2) is 15.0 Å². The van der Waals surface area contributed by atoms with Crippen molar-refractivity contribution in [3.8, 4) is 16.9 Å². The van der Waals surface area contributed by atoms with Gasteiger partial charge in [-0.15, -0.1) is 0 Å². The molecular weight excluding hydrogens is 482 g/mol. The molecule has 37 heavy (non-hydrogen) atoms. The number of piperazine rings is 1. The van der Waals surface area contributed by atoms with Crippen molar-refractivity contribution >= 4 is 17.5 Å². The Kier molecular flexibility index (Phi) is 5.52. The summed E-state index contributed by atoms with van der Waals surface area (Å²) in [6.07, 6.45) is 5.57. The van der Waals surface area contributed by atoms with Crippen molar-refractivity contribution in [3.05, 3.63) is 71.9 Å². The summed E-state index contributed by atoms with van der Waals surface area (Å²) in [5.74, 6) is 0.0842. The topological polar surface area (TPSA) is 105 Å². The third kappa shape index (κ3) is 4.14. The van der Waals surface area contributed by atoms with Crippen molar-refractivity contribution in [2.45, 2.75) is 31.5 Å². The molecule has 4 aromatic rings. The Labute approximate surface area is 210 Å². The van der Waals surface area contributed by atoms with E-state index in [9.17, 15) is 18.7 Å². The first-order valence-corrected chi connectivity index (χ1v) is 11.9. The number of benzene rings is 1. The van der Waals surface area contributed by atoms with Crippen LogP contribution in [0.2, 0.25) is 0 Å². The van der Waals surface area contributed by atoms with Crippen molar-refractivity contribution in [1.29, 1.82) is 0 Å². The van der Waals surface area contributed by atoms with Gasteiger partial charge in [-0.3, -0.25) is 4.79 Å². The van der Waals surface area contributed by atoms with E-state index in [0.717, 1.165) is 16.8 Å². The van der Waals surface area contributed by atoms with Crippen LogP contribution >= 0.6 is 0 Å². The lowest BCUT2D eigenvalue weighted by Crippen LogP contribution is -2.48. The van der Waals surface area contributed by atoms with E-state index in [2.05, 4.69) is 20.3 Å². The Morgan fingerprint density at radius 1 is 1.16 bits per heavy atom. The number of aromatic nitrogens is 4. The molecule has 2 unspecified atom stereocenters. The first kappa shape index (κ1) is 23.3. The maximum atomic E-state index is 13.1. The van der Waals surface area contributed by atoms with Crippen LogP contribution in [0.3, 0.4) is 0 Å². The monoisotopic (exact) mass is 506 g/mol. The molecule has 1 aromatic carbocycles. The van der Waals surface area contributed by atoms with Crippen LogP contribution in [0.1, 0.15) is 36.2 Å². The summed E-state index contributed by atoms with van der Waals surface area (Å²) in [5.41, 5.74) is 2.77. The number of carbonyl (C=O) groups is 1. The highest BCUT2D eigenvalue weighted by molar-refractivity contribution is 5.82. The number of aliphatic hydroxyl groups is 1. The molecule has 0 saturated carbocycles. The van der Waals surface area contributed by atoms with E-state index < -0.39 is 18.1 Å². The van der Waals surface area contributed by atoms with Crippen LogP contribution in [0.15, 0.2) is 55.0 Å². The van der Waals surface area contributed by atoms with E-state index in [-0.39, 0.29) is 24.6 Å². The number of ether oxygens (including phenoxy) is 1. The molecule has 2 atom stereocenters. The average molecular weight is 507 g/mol. The number of para-hydroxylation sites is 1. The average Bonchev–Trinajstić information content (AvgIpc) is 3.39. The Hall–Kier alpha value is -4.12. The smallest absolute Gasteiger partial charge is 0.387 e. The van der Waals surface area contributed by atoms with Gasteiger partial charge in [0.2, 0.25) is 11.9 Å². The molecular formula is C26H24F2N6O3. The van der Waals surface area contributed by atoms with E-state index in [1.807, 2.05) is 27.6 Å². The van der Waals surface area contributed by atoms with Gasteiger partial charge < -0.3 is 24.5 Å². The molecule has 9 nitrogen and oxygen atoms in total. The summed E-state index contributed by atoms with van der Waals surface area (Å²) >= 11 is 0. The summed E-state index contributed by atoms with van der Waals surface area (Å²) in [6, 6.07) is 10.4. The van der Waals surface area contributed by atoms with E-state index in [4.69, 9.17) is 4.74 Å². The third-order valence-corrected chi connectivity index (χ3v) is 6.90. The lowest BCUT2D eigenvalue weighted by atomic mass is 9.93. The number of rotatable bonds is 5. The largest absolute Gasteiger partial charge is 0.435 e. The molecule has 1 fully saturated rings. The minimum atomic E-state index is -2.96. The highest BCUT2D eigenvalue weighted by Gasteiger charge is 2.44. The van der Waals surface area contributed by atoms with Gasteiger partial charge in [-0.05, 0) is 31.5 Å². The molecule has 1 amide bonds. The van der Waals surface area contributed by atoms with E-state index in [1.165, 1.54) is 6.07 Å². The maximum absolute atomic E-state index is 13.1. The van der Waals surface area contributed by atoms with Crippen LogP contribution in [-0.4, -0.2) is 56.6 Å². The number of hydrogen-bond acceptors (Lipinski definition) is 7. The minimum Gasteiger partial charge on any atom is -0.435 e. The third-order valence-electron chi connectivity index (χ3n) is 6.90.